The van der Waals surface area contributed by atoms with E-state index >= 15 is 0 Å². The fourth-order valence-corrected chi connectivity index (χ4v) is 1.45. The zero-order valence-electron chi connectivity index (χ0n) is 9.14. The highest BCUT2D eigenvalue weighted by Crippen LogP contribution is 2.24. The second kappa shape index (κ2) is 5.65. The predicted octanol–water partition coefficient (Wildman–Crippen LogP) is 0.0470. The summed E-state index contributed by atoms with van der Waals surface area (Å²) in [6, 6.07) is 1.66. The quantitative estimate of drug-likeness (QED) is 0.650. The van der Waals surface area contributed by atoms with Gasteiger partial charge in [0.1, 0.15) is 17.7 Å². The molecule has 1 aromatic rings. The molecule has 0 heterocycles. The van der Waals surface area contributed by atoms with Crippen LogP contribution in [0.5, 0.6) is 0 Å². The van der Waals surface area contributed by atoms with E-state index in [2.05, 4.69) is 0 Å². The Morgan fingerprint density at radius 3 is 2.50 bits per heavy atom. The summed E-state index contributed by atoms with van der Waals surface area (Å²) in [5, 5.41) is 19.0. The van der Waals surface area contributed by atoms with E-state index in [1.54, 1.807) is 0 Å². The van der Waals surface area contributed by atoms with Crippen molar-refractivity contribution in [2.45, 2.75) is 18.6 Å². The average Bonchev–Trinajstić information content (AvgIpc) is 2.28. The molecule has 4 N–H and O–H groups in total. The van der Waals surface area contributed by atoms with Crippen LogP contribution in [0.4, 0.5) is 8.78 Å². The molecule has 1 rings (SSSR count). The molecule has 0 aliphatic carbocycles. The van der Waals surface area contributed by atoms with Crippen molar-refractivity contribution in [3.05, 3.63) is 34.9 Å². The summed E-state index contributed by atoms with van der Waals surface area (Å²) in [4.78, 5) is 21.0. The Kier molecular flexibility index (Phi) is 4.46. The van der Waals surface area contributed by atoms with Crippen molar-refractivity contribution in [2.75, 3.05) is 0 Å². The van der Waals surface area contributed by atoms with Crippen LogP contribution in [0.2, 0.25) is 0 Å². The maximum Gasteiger partial charge on any atom is 0.220 e. The number of carbonyl (C=O) groups is 2. The molecule has 2 unspecified atom stereocenters. The monoisotopic (exact) mass is 259 g/mol. The van der Waals surface area contributed by atoms with E-state index in [0.29, 0.717) is 0 Å². The van der Waals surface area contributed by atoms with Gasteiger partial charge in [-0.3, -0.25) is 9.59 Å². The molecule has 0 bridgehead atoms. The van der Waals surface area contributed by atoms with Crippen LogP contribution in [0, 0.1) is 11.6 Å². The minimum atomic E-state index is -1.78. The number of nitrogens with two attached hydrogens (primary N) is 1. The van der Waals surface area contributed by atoms with Crippen molar-refractivity contribution in [1.29, 1.82) is 0 Å². The molecule has 0 radical (unpaired) electrons. The number of benzene rings is 1. The number of hydrogen-bond donors (Lipinski definition) is 3. The number of hydrogen-bond acceptors (Lipinski definition) is 4. The predicted molar refractivity (Wildman–Crippen MR) is 56.5 cm³/mol. The average molecular weight is 259 g/mol. The van der Waals surface area contributed by atoms with E-state index in [1.807, 2.05) is 0 Å². The number of aliphatic hydroxyl groups excluding tert-OH is 2. The zero-order chi connectivity index (χ0) is 13.9. The minimum Gasteiger partial charge on any atom is -0.390 e. The first kappa shape index (κ1) is 14.2. The summed E-state index contributed by atoms with van der Waals surface area (Å²) < 4.78 is 26.6. The lowest BCUT2D eigenvalue weighted by Crippen LogP contribution is -2.26. The number of amides is 1. The topological polar surface area (TPSA) is 101 Å². The molecule has 1 aromatic carbocycles. The van der Waals surface area contributed by atoms with Crippen LogP contribution < -0.4 is 5.73 Å². The molecular weight excluding hydrogens is 248 g/mol. The van der Waals surface area contributed by atoms with Gasteiger partial charge in [0.05, 0.1) is 18.1 Å². The number of primary amides is 1. The lowest BCUT2D eigenvalue weighted by Gasteiger charge is -2.18. The Balaban J connectivity index is 3.10. The second-order valence-electron chi connectivity index (χ2n) is 3.66. The fourth-order valence-electron chi connectivity index (χ4n) is 1.45. The molecule has 0 spiro atoms. The second-order valence-corrected chi connectivity index (χ2v) is 3.66. The summed E-state index contributed by atoms with van der Waals surface area (Å²) in [6.45, 7) is 0. The summed E-state index contributed by atoms with van der Waals surface area (Å²) in [5.74, 6) is -3.25. The largest absolute Gasteiger partial charge is 0.390 e. The summed E-state index contributed by atoms with van der Waals surface area (Å²) in [6.07, 6.45) is -4.05. The first-order chi connectivity index (χ1) is 8.38. The molecule has 0 fully saturated rings. The third-order valence-electron chi connectivity index (χ3n) is 2.37. The molecule has 0 saturated heterocycles. The normalized spacial score (nSPS) is 14.0. The Hall–Kier alpha value is -1.86. The van der Waals surface area contributed by atoms with E-state index in [0.717, 1.165) is 12.1 Å². The molecule has 0 aromatic heterocycles. The standard InChI is InChI=1S/C11H11F2NO4/c12-7-2-1-5(10(13)6(7)4-15)11(18)8(16)3-9(14)17/h1-2,4,8,11,16,18H,3H2,(H2,14,17). The van der Waals surface area contributed by atoms with E-state index < -0.39 is 47.3 Å². The lowest BCUT2D eigenvalue weighted by molar-refractivity contribution is -0.121. The van der Waals surface area contributed by atoms with Crippen LogP contribution in [0.1, 0.15) is 28.4 Å². The Morgan fingerprint density at radius 2 is 2.00 bits per heavy atom. The molecule has 0 aliphatic rings. The third kappa shape index (κ3) is 2.88. The SMILES string of the molecule is NC(=O)CC(O)C(O)c1ccc(F)c(C=O)c1F. The van der Waals surface area contributed by atoms with Crippen LogP contribution in [0.15, 0.2) is 12.1 Å². The molecule has 1 amide bonds. The maximum absolute atomic E-state index is 13.6. The highest BCUT2D eigenvalue weighted by atomic mass is 19.1. The van der Waals surface area contributed by atoms with Gasteiger partial charge in [-0.15, -0.1) is 0 Å². The molecule has 5 nitrogen and oxygen atoms in total. The van der Waals surface area contributed by atoms with Crippen molar-refractivity contribution in [3.63, 3.8) is 0 Å². The molecule has 18 heavy (non-hydrogen) atoms. The number of aliphatic hydroxyl groups is 2. The van der Waals surface area contributed by atoms with E-state index in [-0.39, 0.29) is 6.29 Å². The van der Waals surface area contributed by atoms with Crippen molar-refractivity contribution in [3.8, 4) is 0 Å². The van der Waals surface area contributed by atoms with Gasteiger partial charge in [0.2, 0.25) is 5.91 Å². The first-order valence-corrected chi connectivity index (χ1v) is 4.96. The van der Waals surface area contributed by atoms with Crippen LogP contribution in [-0.4, -0.2) is 28.5 Å². The highest BCUT2D eigenvalue weighted by Gasteiger charge is 2.25. The van der Waals surface area contributed by atoms with Gasteiger partial charge in [-0.2, -0.15) is 0 Å². The van der Waals surface area contributed by atoms with Crippen LogP contribution in [-0.2, 0) is 4.79 Å². The van der Waals surface area contributed by atoms with Crippen molar-refractivity contribution in [2.24, 2.45) is 5.73 Å². The van der Waals surface area contributed by atoms with Gasteiger partial charge in [0.25, 0.3) is 0 Å². The van der Waals surface area contributed by atoms with E-state index in [1.165, 1.54) is 0 Å². The zero-order valence-corrected chi connectivity index (χ0v) is 9.14. The smallest absolute Gasteiger partial charge is 0.220 e. The van der Waals surface area contributed by atoms with Crippen LogP contribution in [0.25, 0.3) is 0 Å². The van der Waals surface area contributed by atoms with Crippen LogP contribution in [0.3, 0.4) is 0 Å². The molecular formula is C11H11F2NO4. The van der Waals surface area contributed by atoms with Gasteiger partial charge >= 0.3 is 0 Å². The highest BCUT2D eigenvalue weighted by molar-refractivity contribution is 5.76. The Bertz CT molecular complexity index is 478. The molecule has 2 atom stereocenters. The number of aldehydes is 1. The van der Waals surface area contributed by atoms with E-state index in [9.17, 15) is 28.6 Å². The first-order valence-electron chi connectivity index (χ1n) is 4.96. The summed E-state index contributed by atoms with van der Waals surface area (Å²) in [5.41, 5.74) is 3.48. The Morgan fingerprint density at radius 1 is 1.39 bits per heavy atom. The number of carbonyl (C=O) groups excluding carboxylic acids is 2. The van der Waals surface area contributed by atoms with Gasteiger partial charge in [0.15, 0.2) is 6.29 Å². The lowest BCUT2D eigenvalue weighted by atomic mass is 9.99. The Labute approximate surface area is 101 Å². The molecule has 0 saturated carbocycles. The number of rotatable bonds is 5. The van der Waals surface area contributed by atoms with Crippen molar-refractivity contribution < 1.29 is 28.6 Å². The van der Waals surface area contributed by atoms with Gasteiger partial charge in [-0.25, -0.2) is 8.78 Å². The molecule has 0 aliphatic heterocycles. The van der Waals surface area contributed by atoms with E-state index in [4.69, 9.17) is 5.73 Å². The van der Waals surface area contributed by atoms with Crippen molar-refractivity contribution in [1.82, 2.24) is 0 Å². The molecule has 7 heteroatoms. The minimum absolute atomic E-state index is 0.0403. The van der Waals surface area contributed by atoms with Gasteiger partial charge in [-0.05, 0) is 6.07 Å². The van der Waals surface area contributed by atoms with Gasteiger partial charge < -0.3 is 15.9 Å². The summed E-state index contributed by atoms with van der Waals surface area (Å²) >= 11 is 0. The third-order valence-corrected chi connectivity index (χ3v) is 2.37. The van der Waals surface area contributed by atoms with Gasteiger partial charge in [-0.1, -0.05) is 6.07 Å². The fraction of sp³-hybridized carbons (Fsp3) is 0.273. The van der Waals surface area contributed by atoms with Gasteiger partial charge in [0, 0.05) is 5.56 Å². The van der Waals surface area contributed by atoms with Crippen LogP contribution >= 0.6 is 0 Å². The van der Waals surface area contributed by atoms with Crippen molar-refractivity contribution >= 4 is 12.2 Å². The number of halogens is 2. The summed E-state index contributed by atoms with van der Waals surface area (Å²) in [7, 11) is 0. The maximum atomic E-state index is 13.6. The molecule has 98 valence electrons.